The largest absolute Gasteiger partial charge is 0.497 e. The molecule has 1 heterocycles. The van der Waals surface area contributed by atoms with E-state index in [0.29, 0.717) is 19.6 Å². The topological polar surface area (TPSA) is 55.1 Å². The van der Waals surface area contributed by atoms with E-state index in [9.17, 15) is 5.11 Å². The summed E-state index contributed by atoms with van der Waals surface area (Å²) < 4.78 is 16.5. The van der Waals surface area contributed by atoms with Crippen LogP contribution in [0, 0.1) is 6.92 Å². The third kappa shape index (κ3) is 5.87. The molecule has 1 aromatic heterocycles. The van der Waals surface area contributed by atoms with Gasteiger partial charge < -0.3 is 19.0 Å². The van der Waals surface area contributed by atoms with Gasteiger partial charge >= 0.3 is 0 Å². The number of furan rings is 1. The fourth-order valence-electron chi connectivity index (χ4n) is 3.05. The zero-order chi connectivity index (χ0) is 19.8. The zero-order valence-electron chi connectivity index (χ0n) is 16.4. The molecule has 28 heavy (non-hydrogen) atoms. The van der Waals surface area contributed by atoms with Gasteiger partial charge in [-0.25, -0.2) is 0 Å². The van der Waals surface area contributed by atoms with Crippen molar-refractivity contribution in [2.75, 3.05) is 20.3 Å². The van der Waals surface area contributed by atoms with Crippen LogP contribution in [-0.4, -0.2) is 36.4 Å². The van der Waals surface area contributed by atoms with E-state index in [0.717, 1.165) is 28.4 Å². The van der Waals surface area contributed by atoms with Crippen molar-refractivity contribution in [3.8, 4) is 11.5 Å². The minimum Gasteiger partial charge on any atom is -0.497 e. The molecule has 0 aliphatic heterocycles. The second-order valence-electron chi connectivity index (χ2n) is 6.83. The number of aliphatic hydroxyl groups excluding tert-OH is 1. The highest BCUT2D eigenvalue weighted by atomic mass is 16.5. The minimum atomic E-state index is -0.618. The Kier molecular flexibility index (Phi) is 7.12. The van der Waals surface area contributed by atoms with Gasteiger partial charge in [0.2, 0.25) is 0 Å². The van der Waals surface area contributed by atoms with Crippen LogP contribution in [0.1, 0.15) is 16.9 Å². The Morgan fingerprint density at radius 1 is 1.00 bits per heavy atom. The SMILES string of the molecule is COc1ccc(CN(Cc2ccco2)C[C@@H](O)COc2ccccc2C)cc1. The van der Waals surface area contributed by atoms with Crippen molar-refractivity contribution in [2.45, 2.75) is 26.1 Å². The summed E-state index contributed by atoms with van der Waals surface area (Å²) in [5, 5.41) is 10.5. The van der Waals surface area contributed by atoms with Gasteiger partial charge in [-0.2, -0.15) is 0 Å². The third-order valence-electron chi connectivity index (χ3n) is 4.52. The summed E-state index contributed by atoms with van der Waals surface area (Å²) in [5.41, 5.74) is 2.19. The highest BCUT2D eigenvalue weighted by Gasteiger charge is 2.15. The number of para-hydroxylation sites is 1. The molecule has 0 fully saturated rings. The molecule has 148 valence electrons. The standard InChI is InChI=1S/C23H27NO4/c1-18-6-3-4-8-23(18)28-17-20(25)15-24(16-22-7-5-13-27-22)14-19-9-11-21(26-2)12-10-19/h3-13,20,25H,14-17H2,1-2H3/t20-/m1/s1. The summed E-state index contributed by atoms with van der Waals surface area (Å²) in [6.45, 7) is 4.00. The van der Waals surface area contributed by atoms with E-state index in [1.165, 1.54) is 0 Å². The molecule has 0 saturated heterocycles. The highest BCUT2D eigenvalue weighted by Crippen LogP contribution is 2.18. The number of aliphatic hydroxyl groups is 1. The van der Waals surface area contributed by atoms with Crippen molar-refractivity contribution < 1.29 is 19.0 Å². The van der Waals surface area contributed by atoms with E-state index in [1.807, 2.05) is 67.6 Å². The van der Waals surface area contributed by atoms with Crippen LogP contribution in [-0.2, 0) is 13.1 Å². The molecule has 5 nitrogen and oxygen atoms in total. The Balaban J connectivity index is 1.61. The van der Waals surface area contributed by atoms with Crippen LogP contribution in [0.3, 0.4) is 0 Å². The van der Waals surface area contributed by atoms with Gasteiger partial charge in [0, 0.05) is 13.1 Å². The normalized spacial score (nSPS) is 12.1. The van der Waals surface area contributed by atoms with E-state index in [4.69, 9.17) is 13.9 Å². The quantitative estimate of drug-likeness (QED) is 0.574. The maximum atomic E-state index is 10.5. The van der Waals surface area contributed by atoms with Crippen LogP contribution >= 0.6 is 0 Å². The molecule has 3 aromatic rings. The lowest BCUT2D eigenvalue weighted by Crippen LogP contribution is -2.35. The van der Waals surface area contributed by atoms with Gasteiger partial charge in [-0.3, -0.25) is 4.90 Å². The molecule has 0 radical (unpaired) electrons. The van der Waals surface area contributed by atoms with Crippen LogP contribution in [0.2, 0.25) is 0 Å². The predicted octanol–water partition coefficient (Wildman–Crippen LogP) is 4.04. The van der Waals surface area contributed by atoms with Gasteiger partial charge in [0.05, 0.1) is 19.9 Å². The molecule has 0 spiro atoms. The molecule has 1 atom stereocenters. The number of ether oxygens (including phenoxy) is 2. The first kappa shape index (κ1) is 20.0. The summed E-state index contributed by atoms with van der Waals surface area (Å²) in [4.78, 5) is 2.15. The average molecular weight is 381 g/mol. The zero-order valence-corrected chi connectivity index (χ0v) is 16.4. The monoisotopic (exact) mass is 381 g/mol. The summed E-state index contributed by atoms with van der Waals surface area (Å²) in [6, 6.07) is 19.6. The van der Waals surface area contributed by atoms with Crippen LogP contribution in [0.4, 0.5) is 0 Å². The van der Waals surface area contributed by atoms with Crippen LogP contribution in [0.25, 0.3) is 0 Å². The van der Waals surface area contributed by atoms with E-state index in [1.54, 1.807) is 13.4 Å². The first-order valence-corrected chi connectivity index (χ1v) is 9.38. The van der Waals surface area contributed by atoms with Crippen LogP contribution in [0.15, 0.2) is 71.3 Å². The van der Waals surface area contributed by atoms with Gasteiger partial charge in [0.1, 0.15) is 30.0 Å². The van der Waals surface area contributed by atoms with Gasteiger partial charge in [-0.05, 0) is 48.4 Å². The number of hydrogen-bond donors (Lipinski definition) is 1. The molecule has 2 aromatic carbocycles. The molecule has 0 bridgehead atoms. The highest BCUT2D eigenvalue weighted by molar-refractivity contribution is 5.31. The van der Waals surface area contributed by atoms with Gasteiger partial charge in [0.15, 0.2) is 0 Å². The summed E-state index contributed by atoms with van der Waals surface area (Å²) >= 11 is 0. The summed E-state index contributed by atoms with van der Waals surface area (Å²) in [6.07, 6.45) is 1.05. The molecule has 0 unspecified atom stereocenters. The third-order valence-corrected chi connectivity index (χ3v) is 4.52. The number of benzene rings is 2. The maximum Gasteiger partial charge on any atom is 0.122 e. The summed E-state index contributed by atoms with van der Waals surface area (Å²) in [5.74, 6) is 2.49. The average Bonchev–Trinajstić information content (AvgIpc) is 3.21. The van der Waals surface area contributed by atoms with Crippen molar-refractivity contribution in [3.05, 3.63) is 83.8 Å². The number of methoxy groups -OCH3 is 1. The Bertz CT molecular complexity index is 830. The molecule has 3 rings (SSSR count). The lowest BCUT2D eigenvalue weighted by atomic mass is 10.2. The molecular formula is C23H27NO4. The number of rotatable bonds is 10. The minimum absolute atomic E-state index is 0.238. The van der Waals surface area contributed by atoms with E-state index < -0.39 is 6.10 Å². The van der Waals surface area contributed by atoms with Crippen molar-refractivity contribution >= 4 is 0 Å². The number of aryl methyl sites for hydroxylation is 1. The van der Waals surface area contributed by atoms with Crippen molar-refractivity contribution in [2.24, 2.45) is 0 Å². The van der Waals surface area contributed by atoms with Crippen LogP contribution in [0.5, 0.6) is 11.5 Å². The van der Waals surface area contributed by atoms with Gasteiger partial charge in [0.25, 0.3) is 0 Å². The molecule has 1 N–H and O–H groups in total. The smallest absolute Gasteiger partial charge is 0.122 e. The Morgan fingerprint density at radius 3 is 2.46 bits per heavy atom. The maximum absolute atomic E-state index is 10.5. The molecule has 0 amide bonds. The molecule has 0 aliphatic rings. The fraction of sp³-hybridized carbons (Fsp3) is 0.304. The molecule has 5 heteroatoms. The number of hydrogen-bond acceptors (Lipinski definition) is 5. The first-order valence-electron chi connectivity index (χ1n) is 9.38. The van der Waals surface area contributed by atoms with Crippen molar-refractivity contribution in [1.29, 1.82) is 0 Å². The number of nitrogens with zero attached hydrogens (tertiary/aromatic N) is 1. The molecular weight excluding hydrogens is 354 g/mol. The Hall–Kier alpha value is -2.76. The molecule has 0 aliphatic carbocycles. The van der Waals surface area contributed by atoms with E-state index >= 15 is 0 Å². The van der Waals surface area contributed by atoms with Crippen molar-refractivity contribution in [1.82, 2.24) is 4.90 Å². The van der Waals surface area contributed by atoms with Crippen LogP contribution < -0.4 is 9.47 Å². The lowest BCUT2D eigenvalue weighted by Gasteiger charge is -2.24. The summed E-state index contributed by atoms with van der Waals surface area (Å²) in [7, 11) is 1.66. The fourth-order valence-corrected chi connectivity index (χ4v) is 3.05. The van der Waals surface area contributed by atoms with Gasteiger partial charge in [-0.1, -0.05) is 30.3 Å². The Morgan fingerprint density at radius 2 is 1.79 bits per heavy atom. The van der Waals surface area contributed by atoms with Crippen molar-refractivity contribution in [3.63, 3.8) is 0 Å². The second-order valence-corrected chi connectivity index (χ2v) is 6.83. The lowest BCUT2D eigenvalue weighted by molar-refractivity contribution is 0.0602. The molecule has 0 saturated carbocycles. The second kappa shape index (κ2) is 9.97. The first-order chi connectivity index (χ1) is 13.6. The van der Waals surface area contributed by atoms with Gasteiger partial charge in [-0.15, -0.1) is 0 Å². The predicted molar refractivity (Wildman–Crippen MR) is 108 cm³/mol. The van der Waals surface area contributed by atoms with E-state index in [-0.39, 0.29) is 6.61 Å². The Labute approximate surface area is 166 Å². The van der Waals surface area contributed by atoms with E-state index in [2.05, 4.69) is 4.90 Å².